The molecule has 17 heavy (non-hydrogen) atoms. The van der Waals surface area contributed by atoms with Gasteiger partial charge >= 0.3 is 5.97 Å². The summed E-state index contributed by atoms with van der Waals surface area (Å²) in [5.74, 6) is -1.01. The van der Waals surface area contributed by atoms with Crippen molar-refractivity contribution < 1.29 is 14.7 Å². The molecular weight excluding hydrogens is 218 g/mol. The number of carbonyl (C=O) groups excluding carboxylic acids is 1. The number of carboxylic acid groups (broad SMARTS) is 1. The molecule has 0 aliphatic heterocycles. The van der Waals surface area contributed by atoms with E-state index in [1.54, 1.807) is 18.2 Å². The molecule has 4 heteroatoms. The van der Waals surface area contributed by atoms with Gasteiger partial charge in [-0.15, -0.1) is 0 Å². The Kier molecular flexibility index (Phi) is 4.46. The van der Waals surface area contributed by atoms with Crippen molar-refractivity contribution in [1.29, 1.82) is 0 Å². The molecule has 0 saturated carbocycles. The van der Waals surface area contributed by atoms with Gasteiger partial charge < -0.3 is 10.4 Å². The highest BCUT2D eigenvalue weighted by Gasteiger charge is 2.03. The van der Waals surface area contributed by atoms with Crippen LogP contribution in [0.1, 0.15) is 28.4 Å². The second kappa shape index (κ2) is 5.84. The molecule has 1 aromatic carbocycles. The van der Waals surface area contributed by atoms with Crippen LogP contribution in [0, 0.1) is 6.92 Å². The van der Waals surface area contributed by atoms with Gasteiger partial charge in [0.1, 0.15) is 0 Å². The average molecular weight is 233 g/mol. The highest BCUT2D eigenvalue weighted by molar-refractivity contribution is 5.88. The minimum Gasteiger partial charge on any atom is -0.478 e. The fraction of sp³-hybridized carbons (Fsp3) is 0.231. The van der Waals surface area contributed by atoms with Crippen molar-refractivity contribution in [3.63, 3.8) is 0 Å². The number of hydrogen-bond acceptors (Lipinski definition) is 2. The molecule has 0 aliphatic carbocycles. The van der Waals surface area contributed by atoms with Crippen LogP contribution < -0.4 is 5.32 Å². The molecule has 1 amide bonds. The minimum atomic E-state index is -0.929. The van der Waals surface area contributed by atoms with E-state index in [1.807, 2.05) is 19.1 Å². The van der Waals surface area contributed by atoms with E-state index < -0.39 is 5.97 Å². The Balaban J connectivity index is 2.72. The van der Waals surface area contributed by atoms with E-state index in [9.17, 15) is 9.59 Å². The first kappa shape index (κ1) is 13.0. The lowest BCUT2D eigenvalue weighted by atomic mass is 10.0. The Morgan fingerprint density at radius 2 is 2.12 bits per heavy atom. The van der Waals surface area contributed by atoms with Crippen LogP contribution in [0.4, 0.5) is 0 Å². The van der Waals surface area contributed by atoms with E-state index >= 15 is 0 Å². The molecule has 0 radical (unpaired) electrons. The van der Waals surface area contributed by atoms with Crippen molar-refractivity contribution in [3.8, 4) is 0 Å². The van der Waals surface area contributed by atoms with E-state index in [0.717, 1.165) is 11.1 Å². The summed E-state index contributed by atoms with van der Waals surface area (Å²) in [5, 5.41) is 11.5. The third-order valence-corrected chi connectivity index (χ3v) is 2.28. The van der Waals surface area contributed by atoms with Crippen LogP contribution in [0.25, 0.3) is 6.08 Å². The lowest BCUT2D eigenvalue weighted by Gasteiger charge is -2.02. The molecule has 2 N–H and O–H groups in total. The Bertz CT molecular complexity index is 464. The van der Waals surface area contributed by atoms with Crippen molar-refractivity contribution in [3.05, 3.63) is 41.0 Å². The summed E-state index contributed by atoms with van der Waals surface area (Å²) in [4.78, 5) is 21.4. The summed E-state index contributed by atoms with van der Waals surface area (Å²) >= 11 is 0. The van der Waals surface area contributed by atoms with Crippen molar-refractivity contribution in [2.75, 3.05) is 6.54 Å². The highest BCUT2D eigenvalue weighted by Crippen LogP contribution is 2.12. The molecule has 0 fully saturated rings. The highest BCUT2D eigenvalue weighted by atomic mass is 16.4. The molecule has 0 bridgehead atoms. The zero-order valence-corrected chi connectivity index (χ0v) is 9.86. The fourth-order valence-corrected chi connectivity index (χ4v) is 1.38. The van der Waals surface area contributed by atoms with Gasteiger partial charge in [-0.05, 0) is 30.2 Å². The van der Waals surface area contributed by atoms with Gasteiger partial charge in [0.15, 0.2) is 0 Å². The molecule has 4 nitrogen and oxygen atoms in total. The molecule has 0 unspecified atom stereocenters. The fourth-order valence-electron chi connectivity index (χ4n) is 1.38. The van der Waals surface area contributed by atoms with Gasteiger partial charge in [-0.2, -0.15) is 0 Å². The maximum atomic E-state index is 10.7. The quantitative estimate of drug-likeness (QED) is 0.834. The second-order valence-corrected chi connectivity index (χ2v) is 3.72. The Morgan fingerprint density at radius 3 is 2.65 bits per heavy atom. The van der Waals surface area contributed by atoms with E-state index in [2.05, 4.69) is 5.32 Å². The number of aromatic carboxylic acids is 1. The van der Waals surface area contributed by atoms with Crippen LogP contribution in [0.2, 0.25) is 0 Å². The zero-order chi connectivity index (χ0) is 12.8. The molecular formula is C13H15NO3. The first-order valence-electron chi connectivity index (χ1n) is 5.25. The maximum Gasteiger partial charge on any atom is 0.335 e. The van der Waals surface area contributed by atoms with Gasteiger partial charge in [-0.25, -0.2) is 4.79 Å². The summed E-state index contributed by atoms with van der Waals surface area (Å²) in [7, 11) is 0. The van der Waals surface area contributed by atoms with E-state index in [0.29, 0.717) is 6.54 Å². The smallest absolute Gasteiger partial charge is 0.335 e. The van der Waals surface area contributed by atoms with E-state index in [-0.39, 0.29) is 11.5 Å². The molecule has 0 aromatic heterocycles. The summed E-state index contributed by atoms with van der Waals surface area (Å²) in [6.45, 7) is 3.78. The largest absolute Gasteiger partial charge is 0.478 e. The van der Waals surface area contributed by atoms with Gasteiger partial charge in [0.05, 0.1) is 5.56 Å². The number of nitrogens with one attached hydrogen (secondary N) is 1. The summed E-state index contributed by atoms with van der Waals surface area (Å²) in [5.41, 5.74) is 2.12. The van der Waals surface area contributed by atoms with E-state index in [1.165, 1.54) is 6.92 Å². The normalized spacial score (nSPS) is 10.5. The predicted molar refractivity (Wildman–Crippen MR) is 65.9 cm³/mol. The molecule has 0 saturated heterocycles. The van der Waals surface area contributed by atoms with Gasteiger partial charge in [-0.1, -0.05) is 18.2 Å². The Hall–Kier alpha value is -2.10. The standard InChI is InChI=1S/C13H15NO3/c1-9-8-12(13(16)17)6-5-11(9)4-3-7-14-10(2)15/h3-6,8H,7H2,1-2H3,(H,14,15)(H,16,17). The molecule has 0 heterocycles. The molecule has 0 atom stereocenters. The van der Waals surface area contributed by atoms with Gasteiger partial charge in [0, 0.05) is 13.5 Å². The number of benzene rings is 1. The first-order valence-corrected chi connectivity index (χ1v) is 5.25. The van der Waals surface area contributed by atoms with Crippen LogP contribution in [0.15, 0.2) is 24.3 Å². The lowest BCUT2D eigenvalue weighted by Crippen LogP contribution is -2.19. The van der Waals surface area contributed by atoms with Crippen LogP contribution in [-0.2, 0) is 4.79 Å². The number of rotatable bonds is 4. The minimum absolute atomic E-state index is 0.0763. The molecule has 0 aliphatic rings. The number of aryl methyl sites for hydroxylation is 1. The van der Waals surface area contributed by atoms with Crippen molar-refractivity contribution >= 4 is 18.0 Å². The molecule has 90 valence electrons. The first-order chi connectivity index (χ1) is 8.00. The van der Waals surface area contributed by atoms with Crippen LogP contribution >= 0.6 is 0 Å². The second-order valence-electron chi connectivity index (χ2n) is 3.72. The summed E-state index contributed by atoms with van der Waals surface area (Å²) < 4.78 is 0. The number of hydrogen-bond donors (Lipinski definition) is 2. The van der Waals surface area contributed by atoms with E-state index in [4.69, 9.17) is 5.11 Å². The Morgan fingerprint density at radius 1 is 1.41 bits per heavy atom. The monoisotopic (exact) mass is 233 g/mol. The molecule has 1 aromatic rings. The third-order valence-electron chi connectivity index (χ3n) is 2.28. The van der Waals surface area contributed by atoms with Crippen molar-refractivity contribution in [2.45, 2.75) is 13.8 Å². The van der Waals surface area contributed by atoms with Gasteiger partial charge in [0.2, 0.25) is 5.91 Å². The van der Waals surface area contributed by atoms with Crippen LogP contribution in [0.5, 0.6) is 0 Å². The van der Waals surface area contributed by atoms with Crippen molar-refractivity contribution in [2.24, 2.45) is 0 Å². The number of amides is 1. The van der Waals surface area contributed by atoms with Crippen LogP contribution in [-0.4, -0.2) is 23.5 Å². The average Bonchev–Trinajstić information content (AvgIpc) is 2.25. The zero-order valence-electron chi connectivity index (χ0n) is 9.86. The molecule has 0 spiro atoms. The summed E-state index contributed by atoms with van der Waals surface area (Å²) in [6, 6.07) is 4.94. The SMILES string of the molecule is CC(=O)NCC=Cc1ccc(C(=O)O)cc1C. The topological polar surface area (TPSA) is 66.4 Å². The van der Waals surface area contributed by atoms with Crippen molar-refractivity contribution in [1.82, 2.24) is 5.32 Å². The lowest BCUT2D eigenvalue weighted by molar-refractivity contribution is -0.118. The van der Waals surface area contributed by atoms with Gasteiger partial charge in [0.25, 0.3) is 0 Å². The summed E-state index contributed by atoms with van der Waals surface area (Å²) in [6.07, 6.45) is 3.68. The maximum absolute atomic E-state index is 10.7. The molecule has 1 rings (SSSR count). The number of carboxylic acids is 1. The third kappa shape index (κ3) is 4.10. The number of carbonyl (C=O) groups is 2. The predicted octanol–water partition coefficient (Wildman–Crippen LogP) is 1.84. The van der Waals surface area contributed by atoms with Crippen LogP contribution in [0.3, 0.4) is 0 Å². The van der Waals surface area contributed by atoms with Gasteiger partial charge in [-0.3, -0.25) is 4.79 Å². The Labute approximate surface area is 100.0 Å².